The van der Waals surface area contributed by atoms with E-state index in [0.29, 0.717) is 27.3 Å². The molecular weight excluding hydrogens is 474 g/mol. The van der Waals surface area contributed by atoms with E-state index in [1.807, 2.05) is 47.0 Å². The maximum Gasteiger partial charge on any atom is 0.269 e. The molecule has 4 rings (SSSR count). The first-order valence-electron chi connectivity index (χ1n) is 10.2. The first-order chi connectivity index (χ1) is 16.5. The average Bonchev–Trinajstić information content (AvgIpc) is 3.31. The van der Waals surface area contributed by atoms with Crippen LogP contribution >= 0.6 is 23.4 Å². The van der Waals surface area contributed by atoms with Gasteiger partial charge in [-0.15, -0.1) is 10.2 Å². The van der Waals surface area contributed by atoms with Gasteiger partial charge in [-0.25, -0.2) is 0 Å². The number of nitrogens with zero attached hydrogens (tertiary/aromatic N) is 3. The number of hydrogen-bond donors (Lipinski definition) is 2. The standard InChI is InChI=1S/C24H20ClN5O3S/c1-33-20-9-5-8-17(14-20)22-27-29-24(30(22)19-12-10-18(25)11-13-19)34-15-21(31)26-28-23(32)16-6-3-2-4-7-16/h2-14H,15H2,1H3,(H,26,31)(H,28,32). The fraction of sp³-hybridized carbons (Fsp3) is 0.0833. The van der Waals surface area contributed by atoms with Crippen molar-refractivity contribution < 1.29 is 14.3 Å². The Hall–Kier alpha value is -3.82. The molecule has 4 aromatic rings. The van der Waals surface area contributed by atoms with Crippen molar-refractivity contribution in [2.24, 2.45) is 0 Å². The van der Waals surface area contributed by atoms with E-state index >= 15 is 0 Å². The van der Waals surface area contributed by atoms with Gasteiger partial charge in [0, 0.05) is 21.8 Å². The quantitative estimate of drug-likeness (QED) is 0.296. The van der Waals surface area contributed by atoms with Crippen molar-refractivity contribution in [2.45, 2.75) is 5.16 Å². The van der Waals surface area contributed by atoms with Crippen LogP contribution < -0.4 is 15.6 Å². The van der Waals surface area contributed by atoms with Crippen molar-refractivity contribution in [2.75, 3.05) is 12.9 Å². The number of hydrazine groups is 1. The van der Waals surface area contributed by atoms with Gasteiger partial charge in [0.2, 0.25) is 5.91 Å². The van der Waals surface area contributed by atoms with Crippen molar-refractivity contribution in [3.8, 4) is 22.8 Å². The molecule has 172 valence electrons. The van der Waals surface area contributed by atoms with E-state index in [-0.39, 0.29) is 11.7 Å². The largest absolute Gasteiger partial charge is 0.497 e. The van der Waals surface area contributed by atoms with Gasteiger partial charge < -0.3 is 4.74 Å². The van der Waals surface area contributed by atoms with Crippen LogP contribution in [-0.2, 0) is 4.79 Å². The van der Waals surface area contributed by atoms with Crippen molar-refractivity contribution in [1.29, 1.82) is 0 Å². The molecular formula is C24H20ClN5O3S. The first-order valence-corrected chi connectivity index (χ1v) is 11.5. The SMILES string of the molecule is COc1cccc(-c2nnc(SCC(=O)NNC(=O)c3ccccc3)n2-c2ccc(Cl)cc2)c1. The van der Waals surface area contributed by atoms with Gasteiger partial charge in [0.1, 0.15) is 5.75 Å². The number of ether oxygens (including phenoxy) is 1. The van der Waals surface area contributed by atoms with Crippen LogP contribution in [0.25, 0.3) is 17.1 Å². The Kier molecular flexibility index (Phi) is 7.46. The Labute approximate surface area is 205 Å². The summed E-state index contributed by atoms with van der Waals surface area (Å²) < 4.78 is 7.17. The molecule has 2 N–H and O–H groups in total. The van der Waals surface area contributed by atoms with E-state index in [9.17, 15) is 9.59 Å². The number of carbonyl (C=O) groups excluding carboxylic acids is 2. The molecule has 0 bridgehead atoms. The molecule has 0 spiro atoms. The minimum atomic E-state index is -0.399. The monoisotopic (exact) mass is 493 g/mol. The summed E-state index contributed by atoms with van der Waals surface area (Å²) in [5.41, 5.74) is 6.86. The van der Waals surface area contributed by atoms with Gasteiger partial charge in [-0.05, 0) is 48.5 Å². The summed E-state index contributed by atoms with van der Waals surface area (Å²) in [6.45, 7) is 0. The number of carbonyl (C=O) groups is 2. The smallest absolute Gasteiger partial charge is 0.269 e. The maximum absolute atomic E-state index is 12.4. The van der Waals surface area contributed by atoms with Gasteiger partial charge in [0.05, 0.1) is 12.9 Å². The predicted molar refractivity (Wildman–Crippen MR) is 131 cm³/mol. The number of hydrogen-bond acceptors (Lipinski definition) is 6. The van der Waals surface area contributed by atoms with Crippen LogP contribution in [0.4, 0.5) is 0 Å². The fourth-order valence-electron chi connectivity index (χ4n) is 3.09. The van der Waals surface area contributed by atoms with E-state index in [0.717, 1.165) is 11.3 Å². The van der Waals surface area contributed by atoms with Crippen LogP contribution in [0.3, 0.4) is 0 Å². The Morgan fingerprint density at radius 1 is 0.971 bits per heavy atom. The van der Waals surface area contributed by atoms with Gasteiger partial charge in [-0.3, -0.25) is 25.0 Å². The fourth-order valence-corrected chi connectivity index (χ4v) is 3.97. The third-order valence-electron chi connectivity index (χ3n) is 4.73. The molecule has 0 aliphatic rings. The summed E-state index contributed by atoms with van der Waals surface area (Å²) in [6.07, 6.45) is 0. The van der Waals surface area contributed by atoms with E-state index in [1.165, 1.54) is 11.8 Å². The number of amides is 2. The number of rotatable bonds is 7. The van der Waals surface area contributed by atoms with E-state index < -0.39 is 5.91 Å². The molecule has 0 saturated carbocycles. The summed E-state index contributed by atoms with van der Waals surface area (Å²) in [5, 5.41) is 9.75. The zero-order valence-electron chi connectivity index (χ0n) is 18.1. The molecule has 0 radical (unpaired) electrons. The average molecular weight is 494 g/mol. The van der Waals surface area contributed by atoms with Crippen LogP contribution in [0.15, 0.2) is 84.0 Å². The van der Waals surface area contributed by atoms with Crippen LogP contribution in [0.5, 0.6) is 5.75 Å². The lowest BCUT2D eigenvalue weighted by Gasteiger charge is -2.11. The molecule has 0 unspecified atom stereocenters. The minimum absolute atomic E-state index is 0.0128. The minimum Gasteiger partial charge on any atom is -0.497 e. The molecule has 0 fully saturated rings. The molecule has 8 nitrogen and oxygen atoms in total. The molecule has 10 heteroatoms. The van der Waals surface area contributed by atoms with Crippen LogP contribution in [0.2, 0.25) is 5.02 Å². The number of benzene rings is 3. The maximum atomic E-state index is 12.4. The number of methoxy groups -OCH3 is 1. The Bertz CT molecular complexity index is 1300. The zero-order valence-corrected chi connectivity index (χ0v) is 19.6. The number of nitrogens with one attached hydrogen (secondary N) is 2. The lowest BCUT2D eigenvalue weighted by atomic mass is 10.2. The van der Waals surface area contributed by atoms with Gasteiger partial charge >= 0.3 is 0 Å². The van der Waals surface area contributed by atoms with Gasteiger partial charge in [-0.1, -0.05) is 53.7 Å². The highest BCUT2D eigenvalue weighted by atomic mass is 35.5. The van der Waals surface area contributed by atoms with Gasteiger partial charge in [0.15, 0.2) is 11.0 Å². The highest BCUT2D eigenvalue weighted by Crippen LogP contribution is 2.30. The molecule has 1 heterocycles. The summed E-state index contributed by atoms with van der Waals surface area (Å²) in [6, 6.07) is 23.3. The molecule has 0 saturated heterocycles. The van der Waals surface area contributed by atoms with Crippen LogP contribution in [-0.4, -0.2) is 39.4 Å². The van der Waals surface area contributed by atoms with Crippen molar-refractivity contribution in [1.82, 2.24) is 25.6 Å². The second kappa shape index (κ2) is 10.9. The zero-order chi connectivity index (χ0) is 23.9. The third-order valence-corrected chi connectivity index (χ3v) is 5.91. The highest BCUT2D eigenvalue weighted by Gasteiger charge is 2.18. The Morgan fingerprint density at radius 3 is 2.47 bits per heavy atom. The summed E-state index contributed by atoms with van der Waals surface area (Å²) in [4.78, 5) is 24.5. The van der Waals surface area contributed by atoms with Crippen molar-refractivity contribution >= 4 is 35.2 Å². The predicted octanol–water partition coefficient (Wildman–Crippen LogP) is 4.15. The number of aromatic nitrogens is 3. The Morgan fingerprint density at radius 2 is 1.74 bits per heavy atom. The first kappa shape index (κ1) is 23.3. The normalized spacial score (nSPS) is 10.5. The van der Waals surface area contributed by atoms with Crippen LogP contribution in [0, 0.1) is 0 Å². The number of halogens is 1. The van der Waals surface area contributed by atoms with E-state index in [2.05, 4.69) is 21.0 Å². The molecule has 0 aliphatic carbocycles. The molecule has 34 heavy (non-hydrogen) atoms. The number of thioether (sulfide) groups is 1. The Balaban J connectivity index is 1.52. The molecule has 2 amide bonds. The summed E-state index contributed by atoms with van der Waals surface area (Å²) in [7, 11) is 1.60. The highest BCUT2D eigenvalue weighted by molar-refractivity contribution is 7.99. The molecule has 1 aromatic heterocycles. The second-order valence-electron chi connectivity index (χ2n) is 7.01. The molecule has 3 aromatic carbocycles. The lowest BCUT2D eigenvalue weighted by molar-refractivity contribution is -0.119. The lowest BCUT2D eigenvalue weighted by Crippen LogP contribution is -2.42. The summed E-state index contributed by atoms with van der Waals surface area (Å²) >= 11 is 7.26. The van der Waals surface area contributed by atoms with Crippen LogP contribution in [0.1, 0.15) is 10.4 Å². The van der Waals surface area contributed by atoms with Gasteiger partial charge in [-0.2, -0.15) is 0 Å². The summed E-state index contributed by atoms with van der Waals surface area (Å²) in [5.74, 6) is 0.498. The second-order valence-corrected chi connectivity index (χ2v) is 8.39. The van der Waals surface area contributed by atoms with E-state index in [4.69, 9.17) is 16.3 Å². The van der Waals surface area contributed by atoms with Crippen molar-refractivity contribution in [3.63, 3.8) is 0 Å². The van der Waals surface area contributed by atoms with Gasteiger partial charge in [0.25, 0.3) is 5.91 Å². The van der Waals surface area contributed by atoms with Crippen molar-refractivity contribution in [3.05, 3.63) is 89.4 Å². The topological polar surface area (TPSA) is 98.1 Å². The van der Waals surface area contributed by atoms with E-state index in [1.54, 1.807) is 43.5 Å². The third kappa shape index (κ3) is 5.56. The molecule has 0 aliphatic heterocycles. The molecule has 0 atom stereocenters.